The Labute approximate surface area is 141 Å². The van der Waals surface area contributed by atoms with E-state index in [0.717, 1.165) is 15.6 Å². The molecule has 1 atom stereocenters. The summed E-state index contributed by atoms with van der Waals surface area (Å²) in [6.45, 7) is 5.26. The SMILES string of the molecule is CC(C)C(=O)Nc1nc2ccc3c(cnn3C(=O)C(C)Cl)c2s1. The predicted molar refractivity (Wildman–Crippen MR) is 92.3 cm³/mol. The number of anilines is 1. The summed E-state index contributed by atoms with van der Waals surface area (Å²) in [4.78, 5) is 28.3. The van der Waals surface area contributed by atoms with Gasteiger partial charge in [-0.2, -0.15) is 9.78 Å². The number of hydrogen-bond acceptors (Lipinski definition) is 5. The van der Waals surface area contributed by atoms with Crippen molar-refractivity contribution in [3.05, 3.63) is 18.3 Å². The van der Waals surface area contributed by atoms with Gasteiger partial charge >= 0.3 is 0 Å². The minimum atomic E-state index is -0.656. The lowest BCUT2D eigenvalue weighted by Gasteiger charge is -2.03. The number of aromatic nitrogens is 3. The molecule has 0 aliphatic carbocycles. The van der Waals surface area contributed by atoms with E-state index in [1.54, 1.807) is 19.2 Å². The van der Waals surface area contributed by atoms with Gasteiger partial charge in [-0.25, -0.2) is 4.98 Å². The van der Waals surface area contributed by atoms with E-state index in [9.17, 15) is 9.59 Å². The smallest absolute Gasteiger partial charge is 0.265 e. The van der Waals surface area contributed by atoms with Crippen molar-refractivity contribution >= 4 is 61.0 Å². The van der Waals surface area contributed by atoms with E-state index in [-0.39, 0.29) is 17.7 Å². The van der Waals surface area contributed by atoms with Crippen LogP contribution in [-0.2, 0) is 4.79 Å². The fourth-order valence-electron chi connectivity index (χ4n) is 2.14. The standard InChI is InChI=1S/C15H15ClN4O2S/c1-7(2)13(21)19-15-18-10-4-5-11-9(12(10)23-15)6-17-20(11)14(22)8(3)16/h4-8H,1-3H3,(H,18,19,21). The molecule has 0 saturated carbocycles. The van der Waals surface area contributed by atoms with E-state index in [2.05, 4.69) is 15.4 Å². The molecule has 0 aliphatic heterocycles. The van der Waals surface area contributed by atoms with E-state index in [1.807, 2.05) is 19.9 Å². The normalized spacial score (nSPS) is 12.9. The van der Waals surface area contributed by atoms with Gasteiger partial charge in [-0.05, 0) is 19.1 Å². The van der Waals surface area contributed by atoms with Gasteiger partial charge in [0.05, 0.1) is 21.9 Å². The number of rotatable bonds is 3. The lowest BCUT2D eigenvalue weighted by atomic mass is 10.2. The molecule has 1 amide bonds. The van der Waals surface area contributed by atoms with Crippen LogP contribution in [0.2, 0.25) is 0 Å². The molecular weight excluding hydrogens is 336 g/mol. The zero-order valence-corrected chi connectivity index (χ0v) is 14.4. The molecule has 0 aliphatic rings. The second-order valence-electron chi connectivity index (χ2n) is 5.52. The molecule has 1 unspecified atom stereocenters. The van der Waals surface area contributed by atoms with Crippen LogP contribution < -0.4 is 5.32 Å². The van der Waals surface area contributed by atoms with Crippen molar-refractivity contribution in [1.29, 1.82) is 0 Å². The third-order valence-corrected chi connectivity index (χ3v) is 4.61. The summed E-state index contributed by atoms with van der Waals surface area (Å²) in [7, 11) is 0. The molecule has 2 aromatic heterocycles. The van der Waals surface area contributed by atoms with Crippen LogP contribution in [0.1, 0.15) is 25.6 Å². The van der Waals surface area contributed by atoms with Crippen LogP contribution in [0.3, 0.4) is 0 Å². The summed E-state index contributed by atoms with van der Waals surface area (Å²) < 4.78 is 2.18. The molecule has 0 fully saturated rings. The third-order valence-electron chi connectivity index (χ3n) is 3.41. The number of amides is 1. The van der Waals surface area contributed by atoms with Gasteiger partial charge < -0.3 is 5.32 Å². The lowest BCUT2D eigenvalue weighted by Crippen LogP contribution is -2.20. The molecule has 0 saturated heterocycles. The van der Waals surface area contributed by atoms with Crippen LogP contribution >= 0.6 is 22.9 Å². The van der Waals surface area contributed by atoms with Crippen molar-refractivity contribution in [2.24, 2.45) is 5.92 Å². The first kappa shape index (κ1) is 15.9. The maximum atomic E-state index is 12.1. The highest BCUT2D eigenvalue weighted by atomic mass is 35.5. The summed E-state index contributed by atoms with van der Waals surface area (Å²) in [5.41, 5.74) is 1.44. The average molecular weight is 351 g/mol. The van der Waals surface area contributed by atoms with Crippen LogP contribution in [0.5, 0.6) is 0 Å². The molecule has 3 rings (SSSR count). The molecule has 23 heavy (non-hydrogen) atoms. The highest BCUT2D eigenvalue weighted by molar-refractivity contribution is 7.23. The van der Waals surface area contributed by atoms with Crippen molar-refractivity contribution < 1.29 is 9.59 Å². The first-order valence-electron chi connectivity index (χ1n) is 7.15. The Morgan fingerprint density at radius 3 is 2.70 bits per heavy atom. The maximum Gasteiger partial charge on any atom is 0.265 e. The monoisotopic (exact) mass is 350 g/mol. The van der Waals surface area contributed by atoms with Crippen LogP contribution in [-0.4, -0.2) is 32.0 Å². The van der Waals surface area contributed by atoms with Crippen LogP contribution in [0.25, 0.3) is 21.1 Å². The summed E-state index contributed by atoms with van der Waals surface area (Å²) >= 11 is 7.23. The number of hydrogen-bond donors (Lipinski definition) is 1. The number of fused-ring (bicyclic) bond motifs is 3. The van der Waals surface area contributed by atoms with Crippen molar-refractivity contribution in [3.8, 4) is 0 Å². The number of nitrogens with zero attached hydrogens (tertiary/aromatic N) is 3. The van der Waals surface area contributed by atoms with Crippen molar-refractivity contribution in [2.45, 2.75) is 26.1 Å². The van der Waals surface area contributed by atoms with Gasteiger partial charge in [0.25, 0.3) is 5.91 Å². The topological polar surface area (TPSA) is 76.9 Å². The second-order valence-corrected chi connectivity index (χ2v) is 7.17. The first-order valence-corrected chi connectivity index (χ1v) is 8.40. The van der Waals surface area contributed by atoms with E-state index < -0.39 is 5.38 Å². The third kappa shape index (κ3) is 2.82. The molecule has 1 aromatic carbocycles. The fourth-order valence-corrected chi connectivity index (χ4v) is 3.20. The average Bonchev–Trinajstić information content (AvgIpc) is 3.08. The number of carbonyl (C=O) groups is 2. The van der Waals surface area contributed by atoms with Crippen LogP contribution in [0, 0.1) is 5.92 Å². The quantitative estimate of drug-likeness (QED) is 0.733. The number of thiazole rings is 1. The minimum absolute atomic E-state index is 0.0814. The molecule has 0 spiro atoms. The molecule has 1 N–H and O–H groups in total. The lowest BCUT2D eigenvalue weighted by molar-refractivity contribution is -0.118. The van der Waals surface area contributed by atoms with E-state index >= 15 is 0 Å². The largest absolute Gasteiger partial charge is 0.302 e. The Morgan fingerprint density at radius 1 is 1.30 bits per heavy atom. The number of nitrogens with one attached hydrogen (secondary N) is 1. The number of alkyl halides is 1. The molecule has 2 heterocycles. The van der Waals surface area contributed by atoms with Gasteiger partial charge in [0.15, 0.2) is 5.13 Å². The highest BCUT2D eigenvalue weighted by Crippen LogP contribution is 2.33. The van der Waals surface area contributed by atoms with Gasteiger partial charge in [-0.15, -0.1) is 11.6 Å². The Kier molecular flexibility index (Phi) is 4.08. The Balaban J connectivity index is 2.08. The van der Waals surface area contributed by atoms with E-state index in [0.29, 0.717) is 10.6 Å². The van der Waals surface area contributed by atoms with Crippen LogP contribution in [0.4, 0.5) is 5.13 Å². The van der Waals surface area contributed by atoms with Crippen LogP contribution in [0.15, 0.2) is 18.3 Å². The molecule has 120 valence electrons. The molecule has 0 bridgehead atoms. The number of carbonyl (C=O) groups excluding carboxylic acids is 2. The number of benzene rings is 1. The molecule has 0 radical (unpaired) electrons. The fraction of sp³-hybridized carbons (Fsp3) is 0.333. The number of halogens is 1. The van der Waals surface area contributed by atoms with Crippen molar-refractivity contribution in [1.82, 2.24) is 14.8 Å². The first-order chi connectivity index (χ1) is 10.9. The summed E-state index contributed by atoms with van der Waals surface area (Å²) in [5.74, 6) is -0.478. The Bertz CT molecular complexity index is 913. The van der Waals surface area contributed by atoms with Gasteiger partial charge in [-0.1, -0.05) is 25.2 Å². The van der Waals surface area contributed by atoms with Crippen molar-refractivity contribution in [3.63, 3.8) is 0 Å². The van der Waals surface area contributed by atoms with Gasteiger partial charge in [-0.3, -0.25) is 9.59 Å². The minimum Gasteiger partial charge on any atom is -0.302 e. The summed E-state index contributed by atoms with van der Waals surface area (Å²) in [6.07, 6.45) is 1.63. The summed E-state index contributed by atoms with van der Waals surface area (Å²) in [5, 5.41) is 7.63. The maximum absolute atomic E-state index is 12.1. The molecule has 3 aromatic rings. The summed E-state index contributed by atoms with van der Waals surface area (Å²) in [6, 6.07) is 3.60. The molecular formula is C15H15ClN4O2S. The highest BCUT2D eigenvalue weighted by Gasteiger charge is 2.18. The predicted octanol–water partition coefficient (Wildman–Crippen LogP) is 3.51. The second kappa shape index (κ2) is 5.90. The Hall–Kier alpha value is -1.99. The van der Waals surface area contributed by atoms with Crippen molar-refractivity contribution in [2.75, 3.05) is 5.32 Å². The van der Waals surface area contributed by atoms with Gasteiger partial charge in [0.2, 0.25) is 5.91 Å². The zero-order valence-electron chi connectivity index (χ0n) is 12.8. The molecule has 6 nitrogen and oxygen atoms in total. The zero-order chi connectivity index (χ0) is 16.7. The van der Waals surface area contributed by atoms with E-state index in [4.69, 9.17) is 11.6 Å². The van der Waals surface area contributed by atoms with Gasteiger partial charge in [0, 0.05) is 11.3 Å². The van der Waals surface area contributed by atoms with E-state index in [1.165, 1.54) is 16.0 Å². The van der Waals surface area contributed by atoms with Gasteiger partial charge in [0.1, 0.15) is 5.38 Å². The Morgan fingerprint density at radius 2 is 2.04 bits per heavy atom. The molecule has 8 heteroatoms.